The summed E-state index contributed by atoms with van der Waals surface area (Å²) in [5, 5.41) is 8.90. The zero-order valence-electron chi connectivity index (χ0n) is 15.6. The van der Waals surface area contributed by atoms with Gasteiger partial charge in [0.15, 0.2) is 0 Å². The third kappa shape index (κ3) is 11.1. The van der Waals surface area contributed by atoms with Crippen molar-refractivity contribution in [2.75, 3.05) is 34.5 Å². The van der Waals surface area contributed by atoms with Crippen molar-refractivity contribution in [1.82, 2.24) is 0 Å². The summed E-state index contributed by atoms with van der Waals surface area (Å²) in [5.41, 5.74) is 0. The highest BCUT2D eigenvalue weighted by molar-refractivity contribution is 4.60. The Morgan fingerprint density at radius 2 is 1.30 bits per heavy atom. The summed E-state index contributed by atoms with van der Waals surface area (Å²) in [6.45, 7) is 3.05. The van der Waals surface area contributed by atoms with Gasteiger partial charge in [-0.25, -0.2) is 0 Å². The molecule has 0 aliphatic heterocycles. The average molecular weight is 334 g/mol. The Bertz CT molecular complexity index is 235. The van der Waals surface area contributed by atoms with Gasteiger partial charge in [0.25, 0.3) is 5.97 Å². The number of unbranched alkanes of at least 4 members (excludes halogenated alkanes) is 5. The lowest BCUT2D eigenvalue weighted by atomic mass is 10.0. The number of hydrogen-bond acceptors (Lipinski definition) is 5. The molecule has 0 fully saturated rings. The van der Waals surface area contributed by atoms with Crippen molar-refractivity contribution in [3.63, 3.8) is 0 Å². The Labute approximate surface area is 142 Å². The third-order valence-corrected chi connectivity index (χ3v) is 4.28. The second kappa shape index (κ2) is 15.3. The van der Waals surface area contributed by atoms with E-state index in [0.29, 0.717) is 6.10 Å². The summed E-state index contributed by atoms with van der Waals surface area (Å²) < 4.78 is 21.6. The zero-order valence-corrected chi connectivity index (χ0v) is 15.6. The second-order valence-electron chi connectivity index (χ2n) is 5.90. The van der Waals surface area contributed by atoms with E-state index in [-0.39, 0.29) is 6.61 Å². The molecule has 0 heterocycles. The lowest BCUT2D eigenvalue weighted by Gasteiger charge is -2.28. The average Bonchev–Trinajstić information content (AvgIpc) is 2.59. The van der Waals surface area contributed by atoms with E-state index < -0.39 is 5.97 Å². The lowest BCUT2D eigenvalue weighted by Crippen LogP contribution is -2.35. The highest BCUT2D eigenvalue weighted by atomic mass is 16.9. The number of hydrogen-bond donors (Lipinski definition) is 1. The highest BCUT2D eigenvalue weighted by Crippen LogP contribution is 2.21. The predicted molar refractivity (Wildman–Crippen MR) is 92.4 cm³/mol. The van der Waals surface area contributed by atoms with Crippen LogP contribution in [0.2, 0.25) is 0 Å². The van der Waals surface area contributed by atoms with Crippen LogP contribution >= 0.6 is 0 Å². The maximum Gasteiger partial charge on any atom is 0.282 e. The first-order chi connectivity index (χ1) is 11.2. The normalized spacial score (nSPS) is 13.4. The molecule has 0 spiro atoms. The maximum absolute atomic E-state index is 8.90. The van der Waals surface area contributed by atoms with Crippen LogP contribution in [0.3, 0.4) is 0 Å². The van der Waals surface area contributed by atoms with Crippen molar-refractivity contribution in [3.05, 3.63) is 0 Å². The van der Waals surface area contributed by atoms with Gasteiger partial charge < -0.3 is 24.1 Å². The van der Waals surface area contributed by atoms with E-state index in [1.54, 1.807) is 21.3 Å². The van der Waals surface area contributed by atoms with Gasteiger partial charge in [-0.2, -0.15) is 0 Å². The summed E-state index contributed by atoms with van der Waals surface area (Å²) in [6.07, 6.45) is 11.1. The highest BCUT2D eigenvalue weighted by Gasteiger charge is 2.28. The molecule has 1 unspecified atom stereocenters. The molecule has 140 valence electrons. The van der Waals surface area contributed by atoms with Gasteiger partial charge >= 0.3 is 0 Å². The molecule has 0 aromatic rings. The predicted octanol–water partition coefficient (Wildman–Crippen LogP) is 3.88. The minimum Gasteiger partial charge on any atom is -0.396 e. The molecule has 0 radical (unpaired) electrons. The monoisotopic (exact) mass is 334 g/mol. The molecule has 1 atom stereocenters. The summed E-state index contributed by atoms with van der Waals surface area (Å²) in [6, 6.07) is 0. The van der Waals surface area contributed by atoms with E-state index in [4.69, 9.17) is 24.1 Å². The van der Waals surface area contributed by atoms with Gasteiger partial charge in [0.1, 0.15) is 0 Å². The third-order valence-electron chi connectivity index (χ3n) is 4.28. The van der Waals surface area contributed by atoms with Gasteiger partial charge in [-0.15, -0.1) is 0 Å². The first kappa shape index (κ1) is 22.8. The Hall–Kier alpha value is -0.200. The van der Waals surface area contributed by atoms with Crippen LogP contribution in [0.5, 0.6) is 0 Å². The summed E-state index contributed by atoms with van der Waals surface area (Å²) in [4.78, 5) is 0. The maximum atomic E-state index is 8.90. The van der Waals surface area contributed by atoms with Crippen molar-refractivity contribution < 1.29 is 24.1 Å². The van der Waals surface area contributed by atoms with Gasteiger partial charge in [-0.3, -0.25) is 0 Å². The molecule has 0 aromatic heterocycles. The summed E-state index contributed by atoms with van der Waals surface area (Å²) >= 11 is 0. The molecule has 0 saturated carbocycles. The number of ether oxygens (including phenoxy) is 4. The van der Waals surface area contributed by atoms with Crippen molar-refractivity contribution in [2.24, 2.45) is 0 Å². The van der Waals surface area contributed by atoms with Crippen LogP contribution in [0.1, 0.15) is 71.1 Å². The van der Waals surface area contributed by atoms with Crippen LogP contribution in [0.25, 0.3) is 0 Å². The van der Waals surface area contributed by atoms with E-state index in [1.807, 2.05) is 6.92 Å². The Morgan fingerprint density at radius 3 is 1.83 bits per heavy atom. The van der Waals surface area contributed by atoms with Gasteiger partial charge in [0.2, 0.25) is 0 Å². The van der Waals surface area contributed by atoms with Crippen LogP contribution in [0.4, 0.5) is 0 Å². The minimum absolute atomic E-state index is 0.259. The van der Waals surface area contributed by atoms with E-state index in [1.165, 1.54) is 25.7 Å². The van der Waals surface area contributed by atoms with Gasteiger partial charge in [0.05, 0.1) is 6.10 Å². The van der Waals surface area contributed by atoms with Crippen molar-refractivity contribution in [3.8, 4) is 0 Å². The molecular formula is C18H38O5. The molecular weight excluding hydrogens is 296 g/mol. The fourth-order valence-electron chi connectivity index (χ4n) is 2.84. The Morgan fingerprint density at radius 1 is 0.783 bits per heavy atom. The van der Waals surface area contributed by atoms with E-state index in [9.17, 15) is 0 Å². The van der Waals surface area contributed by atoms with Crippen molar-refractivity contribution >= 4 is 0 Å². The molecule has 5 heteroatoms. The van der Waals surface area contributed by atoms with Gasteiger partial charge in [0, 0.05) is 41.0 Å². The first-order valence-electron chi connectivity index (χ1n) is 9.05. The molecule has 0 aliphatic carbocycles. The van der Waals surface area contributed by atoms with Crippen molar-refractivity contribution in [2.45, 2.75) is 83.2 Å². The molecule has 1 N–H and O–H groups in total. The number of aliphatic hydroxyl groups excluding tert-OH is 1. The fraction of sp³-hybridized carbons (Fsp3) is 1.00. The fourth-order valence-corrected chi connectivity index (χ4v) is 2.84. The zero-order chi connectivity index (χ0) is 17.4. The Balaban J connectivity index is 3.61. The first-order valence-corrected chi connectivity index (χ1v) is 9.05. The number of rotatable bonds is 17. The van der Waals surface area contributed by atoms with Gasteiger partial charge in [-0.05, 0) is 32.6 Å². The van der Waals surface area contributed by atoms with Crippen LogP contribution in [-0.2, 0) is 18.9 Å². The second-order valence-corrected chi connectivity index (χ2v) is 5.90. The molecule has 0 aliphatic rings. The molecule has 0 aromatic carbocycles. The van der Waals surface area contributed by atoms with E-state index in [0.717, 1.165) is 45.1 Å². The van der Waals surface area contributed by atoms with Crippen LogP contribution in [-0.4, -0.2) is 51.7 Å². The smallest absolute Gasteiger partial charge is 0.282 e. The van der Waals surface area contributed by atoms with Crippen molar-refractivity contribution in [1.29, 1.82) is 0 Å². The van der Waals surface area contributed by atoms with E-state index in [2.05, 4.69) is 0 Å². The lowest BCUT2D eigenvalue weighted by molar-refractivity contribution is -0.355. The van der Waals surface area contributed by atoms with Crippen LogP contribution < -0.4 is 0 Å². The minimum atomic E-state index is -0.878. The molecule has 23 heavy (non-hydrogen) atoms. The standard InChI is InChI=1S/C18H38O5/c1-5-23-17(14-12-16-19)13-10-8-6-7-9-11-15-18(20-2,21-3)22-4/h17,19H,5-16H2,1-4H3. The summed E-state index contributed by atoms with van der Waals surface area (Å²) in [7, 11) is 4.83. The van der Waals surface area contributed by atoms with Gasteiger partial charge in [-0.1, -0.05) is 32.1 Å². The molecule has 0 rings (SSSR count). The Kier molecular flexibility index (Phi) is 15.2. The van der Waals surface area contributed by atoms with E-state index >= 15 is 0 Å². The molecule has 0 saturated heterocycles. The summed E-state index contributed by atoms with van der Waals surface area (Å²) in [5.74, 6) is -0.878. The SMILES string of the molecule is CCOC(CCCO)CCCCCCCCC(OC)(OC)OC. The quantitative estimate of drug-likeness (QED) is 0.323. The molecule has 0 amide bonds. The molecule has 5 nitrogen and oxygen atoms in total. The largest absolute Gasteiger partial charge is 0.396 e. The number of aliphatic hydroxyl groups is 1. The topological polar surface area (TPSA) is 57.2 Å². The number of methoxy groups -OCH3 is 3. The van der Waals surface area contributed by atoms with Crippen LogP contribution in [0, 0.1) is 0 Å². The molecule has 0 bridgehead atoms. The van der Waals surface area contributed by atoms with Crippen LogP contribution in [0.15, 0.2) is 0 Å².